The van der Waals surface area contributed by atoms with Crippen LogP contribution in [0.15, 0.2) is 12.1 Å². The molecule has 0 amide bonds. The molecule has 0 saturated carbocycles. The van der Waals surface area contributed by atoms with Gasteiger partial charge in [0, 0.05) is 12.1 Å². The van der Waals surface area contributed by atoms with Crippen LogP contribution in [0.2, 0.25) is 0 Å². The van der Waals surface area contributed by atoms with Crippen molar-refractivity contribution < 1.29 is 38.2 Å². The predicted molar refractivity (Wildman–Crippen MR) is 74.9 cm³/mol. The molecule has 1 aliphatic rings. The Balaban J connectivity index is 0.00000162. The smallest absolute Gasteiger partial charge is 0.269 e. The molecular weight excluding hydrogens is 383 g/mol. The van der Waals surface area contributed by atoms with E-state index in [4.69, 9.17) is 14.2 Å². The van der Waals surface area contributed by atoms with Crippen LogP contribution < -0.4 is 38.2 Å². The van der Waals surface area contributed by atoms with Gasteiger partial charge in [-0.1, -0.05) is 11.8 Å². The molecule has 100 valence electrons. The van der Waals surface area contributed by atoms with Crippen molar-refractivity contribution in [3.05, 3.63) is 17.7 Å². The summed E-state index contributed by atoms with van der Waals surface area (Å²) in [6.07, 6.45) is 0. The molecule has 0 atom stereocenters. The van der Waals surface area contributed by atoms with Gasteiger partial charge in [-0.2, -0.15) is 0 Å². The summed E-state index contributed by atoms with van der Waals surface area (Å²) >= 11 is 3.72. The Morgan fingerprint density at radius 2 is 1.61 bits per heavy atom. The molecule has 18 heavy (non-hydrogen) atoms. The van der Waals surface area contributed by atoms with Crippen LogP contribution in [0.5, 0.6) is 17.2 Å². The molecule has 0 saturated heterocycles. The number of ether oxygens (including phenoxy) is 3. The molecule has 1 aromatic carbocycles. The van der Waals surface area contributed by atoms with E-state index in [0.29, 0.717) is 5.75 Å². The zero-order valence-electron chi connectivity index (χ0n) is 10.5. The van der Waals surface area contributed by atoms with E-state index >= 15 is 0 Å². The van der Waals surface area contributed by atoms with E-state index in [2.05, 4.69) is 0 Å². The molecule has 3 nitrogen and oxygen atoms in total. The third-order valence-corrected chi connectivity index (χ3v) is 5.22. The van der Waals surface area contributed by atoms with Crippen LogP contribution >= 0.6 is 11.8 Å². The molecule has 1 aromatic rings. The zero-order chi connectivity index (χ0) is 12.3. The van der Waals surface area contributed by atoms with E-state index < -0.39 is 0 Å². The minimum Gasteiger partial charge on any atom is -1.00 e. The Morgan fingerprint density at radius 1 is 1.00 bits per heavy atom. The summed E-state index contributed by atoms with van der Waals surface area (Å²) in [7, 11) is 4.95. The first-order valence-corrected chi connectivity index (χ1v) is 7.20. The van der Waals surface area contributed by atoms with Crippen molar-refractivity contribution in [2.75, 3.05) is 32.8 Å². The molecule has 1 heterocycles. The zero-order valence-corrected chi connectivity index (χ0v) is 14.3. The van der Waals surface area contributed by atoms with Gasteiger partial charge in [-0.25, -0.2) is 0 Å². The average Bonchev–Trinajstić information content (AvgIpc) is 2.90. The van der Waals surface area contributed by atoms with Gasteiger partial charge in [-0.3, -0.25) is 0 Å². The van der Waals surface area contributed by atoms with Gasteiger partial charge < -0.3 is 38.2 Å². The number of hydrogen-bond acceptors (Lipinski definition) is 4. The van der Waals surface area contributed by atoms with E-state index in [0.717, 1.165) is 28.6 Å². The van der Waals surface area contributed by atoms with Crippen LogP contribution in [0, 0.1) is 0 Å². The van der Waals surface area contributed by atoms with Crippen LogP contribution in [0.3, 0.4) is 0 Å². The highest BCUT2D eigenvalue weighted by Gasteiger charge is 2.26. The Morgan fingerprint density at radius 3 is 2.11 bits per heavy atom. The van der Waals surface area contributed by atoms with Crippen LogP contribution in [-0.2, 0) is 11.4 Å². The molecule has 2 rings (SSSR count). The van der Waals surface area contributed by atoms with Gasteiger partial charge in [0.1, 0.15) is 5.75 Å². The Labute approximate surface area is 133 Å². The maximum atomic E-state index is 5.42. The molecule has 0 fully saturated rings. The fourth-order valence-electron chi connectivity index (χ4n) is 1.65. The van der Waals surface area contributed by atoms with Crippen molar-refractivity contribution in [2.24, 2.45) is 0 Å². The van der Waals surface area contributed by atoms with Crippen molar-refractivity contribution in [1.29, 1.82) is 0 Å². The molecule has 0 aliphatic carbocycles. The van der Waals surface area contributed by atoms with Gasteiger partial charge in [0.25, 0.3) is 4.20 Å². The normalized spacial score (nSPS) is 13.6. The van der Waals surface area contributed by atoms with Crippen molar-refractivity contribution in [1.82, 2.24) is 0 Å². The summed E-state index contributed by atoms with van der Waals surface area (Å²) in [5.41, 5.74) is 1.10. The summed E-state index contributed by atoms with van der Waals surface area (Å²) in [6, 6.07) is 3.86. The Bertz CT molecular complexity index is 449. The number of thioether (sulfide) groups is 1. The molecule has 1 aliphatic heterocycles. The van der Waals surface area contributed by atoms with E-state index in [1.54, 1.807) is 21.3 Å². The van der Waals surface area contributed by atoms with Crippen LogP contribution in [0.1, 0.15) is 5.56 Å². The summed E-state index contributed by atoms with van der Waals surface area (Å²) in [5.74, 6) is 4.57. The van der Waals surface area contributed by atoms with Crippen molar-refractivity contribution in [2.45, 2.75) is 0 Å². The molecule has 0 spiro atoms. The third kappa shape index (κ3) is 3.21. The lowest BCUT2D eigenvalue weighted by molar-refractivity contribution is -0.00000411. The van der Waals surface area contributed by atoms with Gasteiger partial charge in [0.15, 0.2) is 28.6 Å². The van der Waals surface area contributed by atoms with Gasteiger partial charge in [-0.15, -0.1) is 0 Å². The van der Waals surface area contributed by atoms with Crippen molar-refractivity contribution in [3.63, 3.8) is 0 Å². The summed E-state index contributed by atoms with van der Waals surface area (Å²) < 4.78 is 17.3. The quantitative estimate of drug-likeness (QED) is 0.371. The predicted octanol–water partition coefficient (Wildman–Crippen LogP) is -0.976. The highest BCUT2D eigenvalue weighted by atomic mass is 127. The minimum atomic E-state index is 0. The van der Waals surface area contributed by atoms with Crippen LogP contribution in [0.25, 0.3) is 0 Å². The van der Waals surface area contributed by atoms with Gasteiger partial charge in [-0.05, 0) is 0 Å². The maximum absolute atomic E-state index is 5.42. The SMILES string of the molecule is COc1cc(OC)c(C2=[S+]CCS2)cc1OC.[I-]. The second kappa shape index (κ2) is 7.40. The molecule has 6 heteroatoms. The number of rotatable bonds is 4. The first-order valence-electron chi connectivity index (χ1n) is 5.23. The highest BCUT2D eigenvalue weighted by Crippen LogP contribution is 2.37. The highest BCUT2D eigenvalue weighted by molar-refractivity contribution is 8.25. The van der Waals surface area contributed by atoms with E-state index in [9.17, 15) is 0 Å². The number of benzene rings is 1. The molecule has 0 bridgehead atoms. The standard InChI is InChI=1S/C12H15O3S2.HI/c1-13-9-7-11(15-3)10(14-2)6-8(9)12-16-4-5-17-12;/h6-7H,4-5H2,1-3H3;1H/q+1;/p-1. The molecule has 0 unspecified atom stereocenters. The second-order valence-electron chi connectivity index (χ2n) is 3.39. The Hall–Kier alpha value is -0.210. The van der Waals surface area contributed by atoms with Crippen molar-refractivity contribution >= 4 is 27.3 Å². The van der Waals surface area contributed by atoms with Crippen LogP contribution in [0.4, 0.5) is 0 Å². The first kappa shape index (κ1) is 15.8. The topological polar surface area (TPSA) is 27.7 Å². The molecule has 0 aromatic heterocycles. The monoisotopic (exact) mass is 398 g/mol. The first-order chi connectivity index (χ1) is 8.30. The largest absolute Gasteiger partial charge is 1.00 e. The summed E-state index contributed by atoms with van der Waals surface area (Å²) in [4.78, 5) is 0. The number of methoxy groups -OCH3 is 3. The molecular formula is C12H15IO3S2. The number of hydrogen-bond donors (Lipinski definition) is 0. The average molecular weight is 398 g/mol. The minimum absolute atomic E-state index is 0. The number of halogens is 1. The second-order valence-corrected chi connectivity index (χ2v) is 5.86. The maximum Gasteiger partial charge on any atom is 0.269 e. The van der Waals surface area contributed by atoms with E-state index in [1.165, 1.54) is 4.20 Å². The summed E-state index contributed by atoms with van der Waals surface area (Å²) in [5, 5.41) is 0. The lowest BCUT2D eigenvalue weighted by Crippen LogP contribution is -3.00. The lowest BCUT2D eigenvalue weighted by atomic mass is 10.2. The third-order valence-electron chi connectivity index (χ3n) is 2.48. The van der Waals surface area contributed by atoms with Crippen LogP contribution in [-0.4, -0.2) is 37.0 Å². The van der Waals surface area contributed by atoms with Gasteiger partial charge >= 0.3 is 0 Å². The fraction of sp³-hybridized carbons (Fsp3) is 0.417. The van der Waals surface area contributed by atoms with E-state index in [-0.39, 0.29) is 24.0 Å². The molecule has 0 N–H and O–H groups in total. The fourth-order valence-corrected chi connectivity index (χ4v) is 4.16. The lowest BCUT2D eigenvalue weighted by Gasteiger charge is -2.11. The van der Waals surface area contributed by atoms with E-state index in [1.807, 2.05) is 35.2 Å². The van der Waals surface area contributed by atoms with Gasteiger partial charge in [0.05, 0.1) is 32.6 Å². The molecule has 0 radical (unpaired) electrons. The van der Waals surface area contributed by atoms with Crippen molar-refractivity contribution in [3.8, 4) is 17.2 Å². The Kier molecular flexibility index (Phi) is 6.51. The summed E-state index contributed by atoms with van der Waals surface area (Å²) in [6.45, 7) is 0. The van der Waals surface area contributed by atoms with Gasteiger partial charge in [0.2, 0.25) is 0 Å².